The molecule has 0 aliphatic carbocycles. The summed E-state index contributed by atoms with van der Waals surface area (Å²) in [5, 5.41) is 11.0. The molecule has 2 N–H and O–H groups in total. The number of aromatic nitrogens is 2. The van der Waals surface area contributed by atoms with E-state index in [0.717, 1.165) is 40.8 Å². The van der Waals surface area contributed by atoms with Crippen LogP contribution in [0, 0.1) is 5.41 Å². The van der Waals surface area contributed by atoms with E-state index in [-0.39, 0.29) is 17.8 Å². The number of amides is 1. The van der Waals surface area contributed by atoms with Gasteiger partial charge in [-0.1, -0.05) is 55.0 Å². The number of carbonyl (C=O) groups is 1. The van der Waals surface area contributed by atoms with Crippen LogP contribution >= 0.6 is 11.6 Å². The molecule has 0 saturated heterocycles. The molecule has 186 valence electrons. The molecule has 0 aliphatic rings. The second-order valence-corrected chi connectivity index (χ2v) is 9.08. The van der Waals surface area contributed by atoms with Crippen molar-refractivity contribution in [1.29, 1.82) is 5.41 Å². The second kappa shape index (κ2) is 11.9. The monoisotopic (exact) mass is 502 g/mol. The highest BCUT2D eigenvalue weighted by atomic mass is 35.5. The number of halogens is 1. The van der Waals surface area contributed by atoms with E-state index < -0.39 is 0 Å². The molecule has 1 aromatic heterocycles. The lowest BCUT2D eigenvalue weighted by Crippen LogP contribution is -2.30. The van der Waals surface area contributed by atoms with Crippen molar-refractivity contribution in [3.63, 3.8) is 0 Å². The predicted molar refractivity (Wildman–Crippen MR) is 146 cm³/mol. The summed E-state index contributed by atoms with van der Waals surface area (Å²) < 4.78 is 7.53. The number of ether oxygens (including phenoxy) is 1. The van der Waals surface area contributed by atoms with Crippen LogP contribution in [0.25, 0.3) is 22.2 Å². The summed E-state index contributed by atoms with van der Waals surface area (Å²) in [5.41, 5.74) is 5.02. The van der Waals surface area contributed by atoms with Gasteiger partial charge in [0.2, 0.25) is 0 Å². The molecule has 4 rings (SSSR count). The summed E-state index contributed by atoms with van der Waals surface area (Å²) >= 11 is 5.76. The lowest BCUT2D eigenvalue weighted by Gasteiger charge is -2.19. The van der Waals surface area contributed by atoms with E-state index in [4.69, 9.17) is 26.7 Å². The minimum Gasteiger partial charge on any atom is -0.494 e. The summed E-state index contributed by atoms with van der Waals surface area (Å²) in [6, 6.07) is 23.3. The Morgan fingerprint density at radius 1 is 1.03 bits per heavy atom. The van der Waals surface area contributed by atoms with E-state index in [1.54, 1.807) is 7.11 Å². The molecule has 3 aromatic carbocycles. The Morgan fingerprint density at radius 3 is 2.44 bits per heavy atom. The average molecular weight is 503 g/mol. The number of benzene rings is 3. The number of nitrogens with one attached hydrogen (secondary N) is 2. The summed E-state index contributed by atoms with van der Waals surface area (Å²) in [6.45, 7) is 0. The van der Waals surface area contributed by atoms with Gasteiger partial charge in [-0.15, -0.1) is 11.6 Å². The summed E-state index contributed by atoms with van der Waals surface area (Å²) in [7, 11) is 3.59. The normalized spacial score (nSPS) is 11.9. The van der Waals surface area contributed by atoms with Crippen molar-refractivity contribution in [2.45, 2.75) is 31.7 Å². The number of hydrogen-bond donors (Lipinski definition) is 2. The van der Waals surface area contributed by atoms with E-state index >= 15 is 0 Å². The van der Waals surface area contributed by atoms with Crippen molar-refractivity contribution in [3.8, 4) is 16.9 Å². The van der Waals surface area contributed by atoms with Crippen LogP contribution < -0.4 is 10.1 Å². The van der Waals surface area contributed by atoms with Gasteiger partial charge in [0.1, 0.15) is 17.1 Å². The number of aryl methyl sites for hydroxylation is 1. The molecule has 0 aliphatic heterocycles. The van der Waals surface area contributed by atoms with Crippen molar-refractivity contribution < 1.29 is 9.53 Å². The quantitative estimate of drug-likeness (QED) is 0.139. The largest absolute Gasteiger partial charge is 0.494 e. The van der Waals surface area contributed by atoms with Gasteiger partial charge in [-0.2, -0.15) is 0 Å². The van der Waals surface area contributed by atoms with Crippen LogP contribution in [0.3, 0.4) is 0 Å². The maximum atomic E-state index is 13.3. The SMILES string of the molecule is COc1cccc2c1nc([C@H](CCCCC(=N)CCl)NC(=O)c1ccc(-c3ccccc3)cc1)n2C. The van der Waals surface area contributed by atoms with E-state index in [9.17, 15) is 4.79 Å². The molecule has 1 amide bonds. The molecule has 0 spiro atoms. The first-order chi connectivity index (χ1) is 17.5. The average Bonchev–Trinajstić information content (AvgIpc) is 3.27. The van der Waals surface area contributed by atoms with Crippen LogP contribution in [-0.4, -0.2) is 34.2 Å². The summed E-state index contributed by atoms with van der Waals surface area (Å²) in [6.07, 6.45) is 3.01. The topological polar surface area (TPSA) is 80.0 Å². The fourth-order valence-corrected chi connectivity index (χ4v) is 4.52. The molecule has 1 heterocycles. The van der Waals surface area contributed by atoms with Gasteiger partial charge in [-0.05, 0) is 54.7 Å². The standard InChI is InChI=1S/C29H31ClN4O2/c1-34-25-13-8-14-26(36-2)27(25)33-28(34)24(12-7-6-11-23(31)19-30)32-29(35)22-17-15-21(16-18-22)20-9-4-3-5-10-20/h3-5,8-10,13-18,24,31H,6-7,11-12,19H2,1-2H3,(H,32,35)/t24-/m0/s1. The van der Waals surface area contributed by atoms with E-state index in [0.29, 0.717) is 29.9 Å². The smallest absolute Gasteiger partial charge is 0.251 e. The lowest BCUT2D eigenvalue weighted by atomic mass is 10.0. The molecule has 0 unspecified atom stereocenters. The molecule has 1 atom stereocenters. The van der Waals surface area contributed by atoms with E-state index in [1.807, 2.05) is 72.3 Å². The molecule has 36 heavy (non-hydrogen) atoms. The first-order valence-electron chi connectivity index (χ1n) is 12.1. The maximum absolute atomic E-state index is 13.3. The highest BCUT2D eigenvalue weighted by Gasteiger charge is 2.22. The van der Waals surface area contributed by atoms with Crippen molar-refractivity contribution in [2.24, 2.45) is 7.05 Å². The Morgan fingerprint density at radius 2 is 1.75 bits per heavy atom. The number of nitrogens with zero attached hydrogens (tertiary/aromatic N) is 2. The zero-order valence-electron chi connectivity index (χ0n) is 20.6. The Kier molecular flexibility index (Phi) is 8.39. The number of methoxy groups -OCH3 is 1. The van der Waals surface area contributed by atoms with Gasteiger partial charge in [-0.3, -0.25) is 4.79 Å². The Labute approximate surface area is 216 Å². The van der Waals surface area contributed by atoms with Crippen molar-refractivity contribution >= 4 is 34.3 Å². The summed E-state index contributed by atoms with van der Waals surface area (Å²) in [4.78, 5) is 18.2. The zero-order chi connectivity index (χ0) is 25.5. The molecule has 0 saturated carbocycles. The van der Waals surface area contributed by atoms with Crippen molar-refractivity contribution in [1.82, 2.24) is 14.9 Å². The maximum Gasteiger partial charge on any atom is 0.251 e. The highest BCUT2D eigenvalue weighted by Crippen LogP contribution is 2.29. The number of fused-ring (bicyclic) bond motifs is 1. The number of unbranched alkanes of at least 4 members (excludes halogenated alkanes) is 1. The molecular formula is C29H31ClN4O2. The number of carbonyl (C=O) groups excluding carboxylic acids is 1. The third kappa shape index (κ3) is 5.77. The number of rotatable bonds is 11. The number of alkyl halides is 1. The molecule has 0 fully saturated rings. The van der Waals surface area contributed by atoms with Crippen LogP contribution in [0.4, 0.5) is 0 Å². The van der Waals surface area contributed by atoms with Crippen molar-refractivity contribution in [2.75, 3.05) is 13.0 Å². The fraction of sp³-hybridized carbons (Fsp3) is 0.276. The van der Waals surface area contributed by atoms with Crippen LogP contribution in [0.15, 0.2) is 72.8 Å². The van der Waals surface area contributed by atoms with Gasteiger partial charge in [-0.25, -0.2) is 4.98 Å². The molecule has 6 nitrogen and oxygen atoms in total. The predicted octanol–water partition coefficient (Wildman–Crippen LogP) is 6.54. The van der Waals surface area contributed by atoms with E-state index in [2.05, 4.69) is 17.4 Å². The first-order valence-corrected chi connectivity index (χ1v) is 12.6. The molecular weight excluding hydrogens is 472 g/mol. The van der Waals surface area contributed by atoms with Gasteiger partial charge in [0.25, 0.3) is 5.91 Å². The van der Waals surface area contributed by atoms with Gasteiger partial charge >= 0.3 is 0 Å². The molecule has 0 radical (unpaired) electrons. The van der Waals surface area contributed by atoms with Crippen LogP contribution in [0.1, 0.15) is 47.9 Å². The first kappa shape index (κ1) is 25.5. The fourth-order valence-electron chi connectivity index (χ4n) is 4.39. The van der Waals surface area contributed by atoms with E-state index in [1.165, 1.54) is 0 Å². The summed E-state index contributed by atoms with van der Waals surface area (Å²) in [5.74, 6) is 1.58. The van der Waals surface area contributed by atoms with Crippen LogP contribution in [0.5, 0.6) is 5.75 Å². The van der Waals surface area contributed by atoms with Crippen molar-refractivity contribution in [3.05, 3.63) is 84.2 Å². The third-order valence-electron chi connectivity index (χ3n) is 6.38. The minimum absolute atomic E-state index is 0.146. The number of imidazole rings is 1. The third-order valence-corrected chi connectivity index (χ3v) is 6.71. The molecule has 7 heteroatoms. The Hall–Kier alpha value is -3.64. The Balaban J connectivity index is 1.57. The zero-order valence-corrected chi connectivity index (χ0v) is 21.4. The highest BCUT2D eigenvalue weighted by molar-refractivity contribution is 6.28. The van der Waals surface area contributed by atoms with Gasteiger partial charge in [0.15, 0.2) is 0 Å². The van der Waals surface area contributed by atoms with Gasteiger partial charge in [0.05, 0.1) is 24.5 Å². The second-order valence-electron chi connectivity index (χ2n) is 8.81. The number of hydrogen-bond acceptors (Lipinski definition) is 4. The lowest BCUT2D eigenvalue weighted by molar-refractivity contribution is 0.0931. The van der Waals surface area contributed by atoms with Crippen LogP contribution in [-0.2, 0) is 7.05 Å². The molecule has 0 bridgehead atoms. The van der Waals surface area contributed by atoms with Gasteiger partial charge < -0.3 is 20.0 Å². The minimum atomic E-state index is -0.293. The molecule has 4 aromatic rings. The number of para-hydroxylation sites is 1. The van der Waals surface area contributed by atoms with Gasteiger partial charge in [0, 0.05) is 18.3 Å². The van der Waals surface area contributed by atoms with Crippen LogP contribution in [0.2, 0.25) is 0 Å². The Bertz CT molecular complexity index is 1330.